The van der Waals surface area contributed by atoms with Gasteiger partial charge in [-0.3, -0.25) is 9.69 Å². The third kappa shape index (κ3) is 4.17. The summed E-state index contributed by atoms with van der Waals surface area (Å²) in [6.07, 6.45) is 6.42. The molecule has 0 unspecified atom stereocenters. The Balaban J connectivity index is 1.66. The summed E-state index contributed by atoms with van der Waals surface area (Å²) in [6, 6.07) is 11.7. The number of carbonyl (C=O) groups excluding carboxylic acids is 1. The maximum Gasteiger partial charge on any atom is 0.238 e. The van der Waals surface area contributed by atoms with Gasteiger partial charge in [-0.05, 0) is 37.1 Å². The number of benzene rings is 1. The predicted molar refractivity (Wildman–Crippen MR) is 93.0 cm³/mol. The van der Waals surface area contributed by atoms with Gasteiger partial charge in [-0.25, -0.2) is 0 Å². The molecule has 3 rings (SSSR count). The van der Waals surface area contributed by atoms with E-state index in [-0.39, 0.29) is 5.91 Å². The van der Waals surface area contributed by atoms with Crippen LogP contribution in [0.15, 0.2) is 47.1 Å². The van der Waals surface area contributed by atoms with E-state index in [2.05, 4.69) is 10.2 Å². The van der Waals surface area contributed by atoms with Gasteiger partial charge in [0.25, 0.3) is 0 Å². The molecule has 1 saturated carbocycles. The molecule has 0 radical (unpaired) electrons. The van der Waals surface area contributed by atoms with Gasteiger partial charge in [0, 0.05) is 6.04 Å². The number of furan rings is 1. The average molecular weight is 328 g/mol. The lowest BCUT2D eigenvalue weighted by atomic mass is 10.2. The van der Waals surface area contributed by atoms with E-state index < -0.39 is 0 Å². The Hall–Kier alpha value is -2.27. The number of amides is 1. The zero-order valence-electron chi connectivity index (χ0n) is 14.0. The molecule has 1 heterocycles. The molecule has 0 saturated heterocycles. The second kappa shape index (κ2) is 8.02. The quantitative estimate of drug-likeness (QED) is 0.842. The third-order valence-electron chi connectivity index (χ3n) is 4.51. The molecule has 1 fully saturated rings. The van der Waals surface area contributed by atoms with Crippen LogP contribution >= 0.6 is 0 Å². The summed E-state index contributed by atoms with van der Waals surface area (Å²) in [5, 5.41) is 2.96. The van der Waals surface area contributed by atoms with E-state index in [4.69, 9.17) is 9.15 Å². The Kier molecular flexibility index (Phi) is 5.54. The van der Waals surface area contributed by atoms with Crippen LogP contribution in [0.25, 0.3) is 0 Å². The molecule has 1 aliphatic carbocycles. The number of nitrogens with one attached hydrogen (secondary N) is 1. The van der Waals surface area contributed by atoms with Gasteiger partial charge in [-0.2, -0.15) is 0 Å². The normalized spacial score (nSPS) is 14.9. The predicted octanol–water partition coefficient (Wildman–Crippen LogP) is 3.67. The lowest BCUT2D eigenvalue weighted by molar-refractivity contribution is -0.118. The molecule has 5 heteroatoms. The topological polar surface area (TPSA) is 54.7 Å². The van der Waals surface area contributed by atoms with Crippen LogP contribution in [0, 0.1) is 0 Å². The van der Waals surface area contributed by atoms with Crippen LogP contribution in [0.3, 0.4) is 0 Å². The number of ether oxygens (including phenoxy) is 1. The van der Waals surface area contributed by atoms with Crippen LogP contribution < -0.4 is 10.1 Å². The zero-order chi connectivity index (χ0) is 16.8. The number of rotatable bonds is 7. The van der Waals surface area contributed by atoms with Crippen molar-refractivity contribution >= 4 is 11.6 Å². The average Bonchev–Trinajstić information content (AvgIpc) is 3.28. The van der Waals surface area contributed by atoms with E-state index in [1.54, 1.807) is 13.4 Å². The van der Waals surface area contributed by atoms with Crippen molar-refractivity contribution in [2.24, 2.45) is 0 Å². The number of nitrogens with zero attached hydrogens (tertiary/aromatic N) is 1. The van der Waals surface area contributed by atoms with E-state index in [1.165, 1.54) is 12.8 Å². The van der Waals surface area contributed by atoms with Gasteiger partial charge >= 0.3 is 0 Å². The smallest absolute Gasteiger partial charge is 0.238 e. The van der Waals surface area contributed by atoms with Crippen molar-refractivity contribution in [3.63, 3.8) is 0 Å². The van der Waals surface area contributed by atoms with Crippen LogP contribution in [-0.2, 0) is 11.3 Å². The van der Waals surface area contributed by atoms with Crippen molar-refractivity contribution in [3.05, 3.63) is 48.4 Å². The second-order valence-electron chi connectivity index (χ2n) is 6.17. The van der Waals surface area contributed by atoms with E-state index in [0.29, 0.717) is 30.6 Å². The highest BCUT2D eigenvalue weighted by molar-refractivity contribution is 5.93. The Bertz CT molecular complexity index is 648. The number of para-hydroxylation sites is 2. The van der Waals surface area contributed by atoms with E-state index in [0.717, 1.165) is 18.6 Å². The first kappa shape index (κ1) is 16.6. The maximum absolute atomic E-state index is 12.5. The molecular formula is C19H24N2O3. The minimum absolute atomic E-state index is 0.0297. The summed E-state index contributed by atoms with van der Waals surface area (Å²) in [4.78, 5) is 14.8. The largest absolute Gasteiger partial charge is 0.495 e. The first-order chi connectivity index (χ1) is 11.8. The molecule has 24 heavy (non-hydrogen) atoms. The van der Waals surface area contributed by atoms with Crippen LogP contribution in [0.4, 0.5) is 5.69 Å². The SMILES string of the molecule is COc1ccccc1NC(=O)CN(Cc1ccco1)C1CCCC1. The lowest BCUT2D eigenvalue weighted by Crippen LogP contribution is -2.39. The van der Waals surface area contributed by atoms with Gasteiger partial charge in [0.1, 0.15) is 11.5 Å². The summed E-state index contributed by atoms with van der Waals surface area (Å²) in [5.41, 5.74) is 0.703. The number of hydrogen-bond donors (Lipinski definition) is 1. The highest BCUT2D eigenvalue weighted by atomic mass is 16.5. The van der Waals surface area contributed by atoms with Crippen LogP contribution in [0.1, 0.15) is 31.4 Å². The molecule has 0 spiro atoms. The molecule has 1 N–H and O–H groups in total. The standard InChI is InChI=1S/C19H24N2O3/c1-23-18-11-5-4-10-17(18)20-19(22)14-21(15-7-2-3-8-15)13-16-9-6-12-24-16/h4-6,9-12,15H,2-3,7-8,13-14H2,1H3,(H,20,22). The molecule has 0 aliphatic heterocycles. The van der Waals surface area contributed by atoms with Gasteiger partial charge in [0.2, 0.25) is 5.91 Å². The Morgan fingerprint density at radius 2 is 2.04 bits per heavy atom. The van der Waals surface area contributed by atoms with Gasteiger partial charge in [0.15, 0.2) is 0 Å². The Morgan fingerprint density at radius 3 is 2.75 bits per heavy atom. The van der Waals surface area contributed by atoms with Crippen LogP contribution in [0.2, 0.25) is 0 Å². The molecule has 1 aliphatic rings. The molecule has 2 aromatic rings. The lowest BCUT2D eigenvalue weighted by Gasteiger charge is -2.27. The van der Waals surface area contributed by atoms with Crippen molar-refractivity contribution < 1.29 is 13.9 Å². The highest BCUT2D eigenvalue weighted by Gasteiger charge is 2.25. The van der Waals surface area contributed by atoms with Crippen molar-refractivity contribution in [3.8, 4) is 5.75 Å². The molecule has 5 nitrogen and oxygen atoms in total. The summed E-state index contributed by atoms with van der Waals surface area (Å²) in [7, 11) is 1.60. The summed E-state index contributed by atoms with van der Waals surface area (Å²) >= 11 is 0. The first-order valence-electron chi connectivity index (χ1n) is 8.45. The number of hydrogen-bond acceptors (Lipinski definition) is 4. The van der Waals surface area contributed by atoms with E-state index in [9.17, 15) is 4.79 Å². The second-order valence-corrected chi connectivity index (χ2v) is 6.17. The van der Waals surface area contributed by atoms with E-state index in [1.807, 2.05) is 36.4 Å². The van der Waals surface area contributed by atoms with E-state index >= 15 is 0 Å². The molecule has 1 aromatic heterocycles. The van der Waals surface area contributed by atoms with Crippen molar-refractivity contribution in [2.75, 3.05) is 19.0 Å². The van der Waals surface area contributed by atoms with Crippen molar-refractivity contribution in [1.82, 2.24) is 4.90 Å². The van der Waals surface area contributed by atoms with Gasteiger partial charge in [-0.1, -0.05) is 25.0 Å². The van der Waals surface area contributed by atoms with Gasteiger partial charge < -0.3 is 14.5 Å². The summed E-state index contributed by atoms with van der Waals surface area (Å²) < 4.78 is 10.8. The molecule has 0 bridgehead atoms. The van der Waals surface area contributed by atoms with Gasteiger partial charge in [-0.15, -0.1) is 0 Å². The maximum atomic E-state index is 12.5. The van der Waals surface area contributed by atoms with Crippen LogP contribution in [-0.4, -0.2) is 30.5 Å². The van der Waals surface area contributed by atoms with Crippen molar-refractivity contribution in [1.29, 1.82) is 0 Å². The zero-order valence-corrected chi connectivity index (χ0v) is 14.0. The summed E-state index contributed by atoms with van der Waals surface area (Å²) in [6.45, 7) is 1.01. The number of anilines is 1. The Morgan fingerprint density at radius 1 is 1.25 bits per heavy atom. The fourth-order valence-corrected chi connectivity index (χ4v) is 3.31. The van der Waals surface area contributed by atoms with Gasteiger partial charge in [0.05, 0.1) is 32.1 Å². The first-order valence-corrected chi connectivity index (χ1v) is 8.45. The fraction of sp³-hybridized carbons (Fsp3) is 0.421. The monoisotopic (exact) mass is 328 g/mol. The number of carbonyl (C=O) groups is 1. The molecule has 1 amide bonds. The number of methoxy groups -OCH3 is 1. The van der Waals surface area contributed by atoms with Crippen molar-refractivity contribution in [2.45, 2.75) is 38.3 Å². The van der Waals surface area contributed by atoms with Crippen LogP contribution in [0.5, 0.6) is 5.75 Å². The molecule has 1 aromatic carbocycles. The minimum Gasteiger partial charge on any atom is -0.495 e. The third-order valence-corrected chi connectivity index (χ3v) is 4.51. The molecular weight excluding hydrogens is 304 g/mol. The fourth-order valence-electron chi connectivity index (χ4n) is 3.31. The summed E-state index contributed by atoms with van der Waals surface area (Å²) in [5.74, 6) is 1.54. The molecule has 0 atom stereocenters. The minimum atomic E-state index is -0.0297. The molecule has 128 valence electrons. The Labute approximate surface area is 142 Å². The highest BCUT2D eigenvalue weighted by Crippen LogP contribution is 2.26.